The van der Waals surface area contributed by atoms with Gasteiger partial charge in [0.15, 0.2) is 7.28 Å². The van der Waals surface area contributed by atoms with Crippen molar-refractivity contribution in [2.24, 2.45) is 0 Å². The second-order valence-corrected chi connectivity index (χ2v) is 23.3. The van der Waals surface area contributed by atoms with Crippen molar-refractivity contribution in [3.05, 3.63) is 161 Å². The number of anilines is 2. The Hall–Kier alpha value is -6.98. The van der Waals surface area contributed by atoms with Crippen LogP contribution >= 0.6 is 0 Å². The minimum absolute atomic E-state index is 0.0613. The minimum atomic E-state index is -0.189. The molecule has 0 spiro atoms. The SMILES string of the molecule is CC(C)(C)c1ccc(Nc2cc3c(cc2-c2ccc4c5cc6c(cc5n5c4c2Bc2cc4oc7ccccc7c4cc2-5)oc2ccccc26)-c2cc4c(cc2C3(C)C)C(C)(C)CCC4(C)C)cc1. The van der Waals surface area contributed by atoms with Gasteiger partial charge in [0.1, 0.15) is 22.3 Å². The third kappa shape index (κ3) is 5.45. The van der Waals surface area contributed by atoms with E-state index in [1.807, 2.05) is 0 Å². The molecular weight excluding hydrogens is 828 g/mol. The van der Waals surface area contributed by atoms with E-state index >= 15 is 0 Å². The zero-order valence-corrected chi connectivity index (χ0v) is 40.6. The molecule has 0 bridgehead atoms. The Balaban J connectivity index is 1.06. The standard InChI is InChI=1S/C63H55BN2O2/c1-60(2,3)34-18-20-35(21-19-34)65-51-31-47-40(41-28-48-49(30-46(41)63(47,8)9)62(6,7)25-24-61(48,4)5)26-42(51)38-22-23-39-43-27-44-36-14-10-12-16-54(36)68-57(44)33-52(43)66-53-29-45-37-15-11-13-17-55(37)67-56(45)32-50(53)64-58(38)59(39)66/h10-23,26-33,64-65H,24-25H2,1-9H3. The van der Waals surface area contributed by atoms with E-state index in [0.29, 0.717) is 0 Å². The van der Waals surface area contributed by atoms with E-state index in [2.05, 4.69) is 206 Å². The molecule has 3 aromatic heterocycles. The average Bonchev–Trinajstić information content (AvgIpc) is 4.02. The lowest BCUT2D eigenvalue weighted by Crippen LogP contribution is -2.37. The molecule has 0 radical (unpaired) electrons. The highest BCUT2D eigenvalue weighted by Gasteiger charge is 2.43. The average molecular weight is 883 g/mol. The summed E-state index contributed by atoms with van der Waals surface area (Å²) in [5.74, 6) is 0. The van der Waals surface area contributed by atoms with Gasteiger partial charge in [0, 0.05) is 71.9 Å². The fourth-order valence-corrected chi connectivity index (χ4v) is 12.8. The van der Waals surface area contributed by atoms with Crippen molar-refractivity contribution in [2.45, 2.75) is 96.8 Å². The van der Waals surface area contributed by atoms with Crippen molar-refractivity contribution in [1.82, 2.24) is 4.57 Å². The van der Waals surface area contributed by atoms with Gasteiger partial charge in [-0.1, -0.05) is 135 Å². The Morgan fingerprint density at radius 3 is 1.82 bits per heavy atom. The van der Waals surface area contributed by atoms with Crippen LogP contribution in [0.4, 0.5) is 11.4 Å². The molecule has 0 saturated heterocycles. The van der Waals surface area contributed by atoms with Crippen LogP contribution in [0, 0.1) is 0 Å². The molecule has 0 fully saturated rings. The van der Waals surface area contributed by atoms with Crippen molar-refractivity contribution >= 4 is 95.3 Å². The molecule has 2 aliphatic carbocycles. The number of nitrogens with zero attached hydrogens (tertiary/aromatic N) is 1. The van der Waals surface area contributed by atoms with Crippen LogP contribution in [0.2, 0.25) is 0 Å². The lowest BCUT2D eigenvalue weighted by Gasteiger charge is -2.42. The normalized spacial score (nSPS) is 16.4. The van der Waals surface area contributed by atoms with Crippen LogP contribution in [-0.4, -0.2) is 11.8 Å². The largest absolute Gasteiger partial charge is 0.456 e. The van der Waals surface area contributed by atoms with E-state index < -0.39 is 0 Å². The fraction of sp³-hybridized carbons (Fsp3) is 0.238. The maximum absolute atomic E-state index is 6.61. The summed E-state index contributed by atoms with van der Waals surface area (Å²) >= 11 is 0. The molecule has 1 aliphatic heterocycles. The van der Waals surface area contributed by atoms with E-state index in [4.69, 9.17) is 8.83 Å². The van der Waals surface area contributed by atoms with Gasteiger partial charge in [-0.15, -0.1) is 0 Å². The van der Waals surface area contributed by atoms with Crippen LogP contribution in [0.15, 0.2) is 142 Å². The number of hydrogen-bond donors (Lipinski definition) is 1. The summed E-state index contributed by atoms with van der Waals surface area (Å²) in [6.45, 7) is 21.5. The van der Waals surface area contributed by atoms with E-state index in [-0.39, 0.29) is 21.7 Å². The summed E-state index contributed by atoms with van der Waals surface area (Å²) in [5, 5.41) is 11.1. The fourth-order valence-electron chi connectivity index (χ4n) is 12.8. The van der Waals surface area contributed by atoms with Crippen LogP contribution < -0.4 is 16.2 Å². The predicted octanol–water partition coefficient (Wildman–Crippen LogP) is 15.6. The van der Waals surface area contributed by atoms with Gasteiger partial charge in [0.05, 0.1) is 5.52 Å². The molecule has 4 heterocycles. The number of furan rings is 2. The molecule has 332 valence electrons. The lowest BCUT2D eigenvalue weighted by molar-refractivity contribution is 0.331. The summed E-state index contributed by atoms with van der Waals surface area (Å²) in [5.41, 5.74) is 24.5. The van der Waals surface area contributed by atoms with Gasteiger partial charge in [-0.25, -0.2) is 0 Å². The van der Waals surface area contributed by atoms with E-state index in [1.165, 1.54) is 95.8 Å². The minimum Gasteiger partial charge on any atom is -0.456 e. The second-order valence-electron chi connectivity index (χ2n) is 23.3. The number of nitrogens with one attached hydrogen (secondary N) is 1. The van der Waals surface area contributed by atoms with Gasteiger partial charge in [-0.3, -0.25) is 0 Å². The van der Waals surface area contributed by atoms with Gasteiger partial charge in [0.25, 0.3) is 0 Å². The number of fused-ring (bicyclic) bond motifs is 15. The molecule has 0 saturated carbocycles. The molecule has 0 atom stereocenters. The Morgan fingerprint density at radius 2 is 1.13 bits per heavy atom. The number of para-hydroxylation sites is 2. The topological polar surface area (TPSA) is 43.2 Å². The van der Waals surface area contributed by atoms with Crippen LogP contribution in [-0.2, 0) is 21.7 Å². The van der Waals surface area contributed by atoms with Gasteiger partial charge < -0.3 is 18.7 Å². The Kier molecular flexibility index (Phi) is 7.77. The molecule has 4 nitrogen and oxygen atoms in total. The lowest BCUT2D eigenvalue weighted by atomic mass is 9.59. The van der Waals surface area contributed by atoms with E-state index in [1.54, 1.807) is 0 Å². The molecule has 0 amide bonds. The summed E-state index contributed by atoms with van der Waals surface area (Å²) in [6, 6.07) is 50.3. The molecule has 8 aromatic carbocycles. The van der Waals surface area contributed by atoms with Gasteiger partial charge >= 0.3 is 0 Å². The Morgan fingerprint density at radius 1 is 0.515 bits per heavy atom. The molecule has 68 heavy (non-hydrogen) atoms. The van der Waals surface area contributed by atoms with Crippen molar-refractivity contribution in [3.8, 4) is 27.9 Å². The summed E-state index contributed by atoms with van der Waals surface area (Å²) < 4.78 is 15.8. The molecule has 1 N–H and O–H groups in total. The zero-order valence-electron chi connectivity index (χ0n) is 40.6. The number of rotatable bonds is 3. The first-order valence-corrected chi connectivity index (χ1v) is 24.7. The van der Waals surface area contributed by atoms with E-state index in [0.717, 1.165) is 68.0 Å². The van der Waals surface area contributed by atoms with Crippen molar-refractivity contribution in [1.29, 1.82) is 0 Å². The first kappa shape index (κ1) is 40.1. The van der Waals surface area contributed by atoms with Crippen molar-refractivity contribution < 1.29 is 8.83 Å². The summed E-state index contributed by atoms with van der Waals surface area (Å²) in [6.07, 6.45) is 2.38. The van der Waals surface area contributed by atoms with E-state index in [9.17, 15) is 0 Å². The molecule has 11 aromatic rings. The van der Waals surface area contributed by atoms with Crippen molar-refractivity contribution in [3.63, 3.8) is 0 Å². The smallest absolute Gasteiger partial charge is 0.198 e. The van der Waals surface area contributed by atoms with Crippen LogP contribution in [0.1, 0.15) is 103 Å². The summed E-state index contributed by atoms with van der Waals surface area (Å²) in [7, 11) is 0.764. The third-order valence-electron chi connectivity index (χ3n) is 16.8. The predicted molar refractivity (Wildman–Crippen MR) is 288 cm³/mol. The van der Waals surface area contributed by atoms with Gasteiger partial charge in [0.2, 0.25) is 0 Å². The highest BCUT2D eigenvalue weighted by Crippen LogP contribution is 2.56. The number of benzene rings is 8. The Labute approximate surface area is 398 Å². The molecular formula is C63H55BN2O2. The number of aromatic nitrogens is 1. The van der Waals surface area contributed by atoms with Gasteiger partial charge in [-0.2, -0.15) is 0 Å². The van der Waals surface area contributed by atoms with Crippen molar-refractivity contribution in [2.75, 3.05) is 5.32 Å². The summed E-state index contributed by atoms with van der Waals surface area (Å²) in [4.78, 5) is 0. The monoisotopic (exact) mass is 882 g/mol. The van der Waals surface area contributed by atoms with Crippen LogP contribution in [0.3, 0.4) is 0 Å². The quantitative estimate of drug-likeness (QED) is 0.180. The molecule has 14 rings (SSSR count). The third-order valence-corrected chi connectivity index (χ3v) is 16.8. The zero-order chi connectivity index (χ0) is 46.4. The second kappa shape index (κ2) is 13.2. The maximum Gasteiger partial charge on any atom is 0.198 e. The highest BCUT2D eigenvalue weighted by atomic mass is 16.3. The molecule has 5 heteroatoms. The maximum atomic E-state index is 6.61. The first-order chi connectivity index (χ1) is 32.5. The van der Waals surface area contributed by atoms with Crippen LogP contribution in [0.25, 0.3) is 93.6 Å². The Bertz CT molecular complexity index is 4030. The molecule has 0 unspecified atom stereocenters. The van der Waals surface area contributed by atoms with Gasteiger partial charge in [-0.05, 0) is 140 Å². The molecule has 3 aliphatic rings. The van der Waals surface area contributed by atoms with Crippen LogP contribution in [0.5, 0.6) is 0 Å². The number of hydrogen-bond acceptors (Lipinski definition) is 3. The highest BCUT2D eigenvalue weighted by molar-refractivity contribution is 6.73. The first-order valence-electron chi connectivity index (χ1n) is 24.7.